The zero-order valence-corrected chi connectivity index (χ0v) is 15.6. The molecule has 1 fully saturated rings. The molecule has 26 heavy (non-hydrogen) atoms. The van der Waals surface area contributed by atoms with Gasteiger partial charge in [0.15, 0.2) is 0 Å². The van der Waals surface area contributed by atoms with E-state index in [1.54, 1.807) is 0 Å². The summed E-state index contributed by atoms with van der Waals surface area (Å²) in [5.74, 6) is -0.217. The molecule has 1 saturated heterocycles. The summed E-state index contributed by atoms with van der Waals surface area (Å²) in [5.41, 5.74) is 5.07. The molecule has 2 aromatic carbocycles. The fourth-order valence-corrected chi connectivity index (χ4v) is 4.14. The minimum Gasteiger partial charge on any atom is -0.457 e. The average molecular weight is 351 g/mol. The Kier molecular flexibility index (Phi) is 4.33. The molecule has 4 nitrogen and oxygen atoms in total. The van der Waals surface area contributed by atoms with E-state index in [0.717, 1.165) is 36.3 Å². The molecule has 0 aromatic heterocycles. The number of nitrogens with zero attached hydrogens (tertiary/aromatic N) is 1. The molecule has 0 radical (unpaired) electrons. The summed E-state index contributed by atoms with van der Waals surface area (Å²) in [5, 5.41) is 0. The van der Waals surface area contributed by atoms with Crippen LogP contribution < -0.4 is 0 Å². The first kappa shape index (κ1) is 17.3. The zero-order valence-electron chi connectivity index (χ0n) is 15.6. The number of morpholine rings is 1. The second-order valence-electron chi connectivity index (χ2n) is 7.90. The van der Waals surface area contributed by atoms with Crippen molar-refractivity contribution in [3.8, 4) is 0 Å². The lowest BCUT2D eigenvalue weighted by atomic mass is 9.93. The van der Waals surface area contributed by atoms with E-state index in [2.05, 4.69) is 49.9 Å². The van der Waals surface area contributed by atoms with Crippen molar-refractivity contribution >= 4 is 5.97 Å². The second kappa shape index (κ2) is 6.53. The third kappa shape index (κ3) is 3.27. The summed E-state index contributed by atoms with van der Waals surface area (Å²) in [6, 6.07) is 14.5. The van der Waals surface area contributed by atoms with Crippen molar-refractivity contribution in [2.24, 2.45) is 0 Å². The molecule has 2 aliphatic heterocycles. The second-order valence-corrected chi connectivity index (χ2v) is 7.90. The van der Waals surface area contributed by atoms with Crippen molar-refractivity contribution < 1.29 is 14.3 Å². The van der Waals surface area contributed by atoms with Crippen molar-refractivity contribution in [2.75, 3.05) is 13.1 Å². The van der Waals surface area contributed by atoms with Gasteiger partial charge in [-0.1, -0.05) is 36.4 Å². The van der Waals surface area contributed by atoms with Crippen LogP contribution >= 0.6 is 0 Å². The maximum Gasteiger partial charge on any atom is 0.338 e. The number of fused-ring (bicyclic) bond motifs is 1. The number of esters is 1. The van der Waals surface area contributed by atoms with Gasteiger partial charge in [-0.15, -0.1) is 0 Å². The van der Waals surface area contributed by atoms with Crippen LogP contribution in [0.1, 0.15) is 52.6 Å². The van der Waals surface area contributed by atoms with Crippen LogP contribution in [0.3, 0.4) is 0 Å². The number of ether oxygens (including phenoxy) is 2. The Morgan fingerprint density at radius 3 is 2.69 bits per heavy atom. The molecule has 2 aliphatic rings. The lowest BCUT2D eigenvalue weighted by Gasteiger charge is -2.43. The molecule has 0 unspecified atom stereocenters. The fraction of sp³-hybridized carbons (Fsp3) is 0.409. The molecule has 0 N–H and O–H groups in total. The minimum absolute atomic E-state index is 0.0107. The molecule has 1 atom stereocenters. The number of hydrogen-bond acceptors (Lipinski definition) is 4. The quantitative estimate of drug-likeness (QED) is 0.783. The predicted molar refractivity (Wildman–Crippen MR) is 99.9 cm³/mol. The Morgan fingerprint density at radius 2 is 1.92 bits per heavy atom. The van der Waals surface area contributed by atoms with Gasteiger partial charge < -0.3 is 9.47 Å². The first-order valence-electron chi connectivity index (χ1n) is 9.16. The van der Waals surface area contributed by atoms with E-state index < -0.39 is 0 Å². The van der Waals surface area contributed by atoms with Crippen LogP contribution in [-0.4, -0.2) is 29.6 Å². The summed E-state index contributed by atoms with van der Waals surface area (Å²) in [6.45, 7) is 9.38. The molecule has 136 valence electrons. The smallest absolute Gasteiger partial charge is 0.338 e. The Morgan fingerprint density at radius 1 is 1.15 bits per heavy atom. The highest BCUT2D eigenvalue weighted by atomic mass is 16.5. The average Bonchev–Trinajstić information content (AvgIpc) is 2.97. The van der Waals surface area contributed by atoms with Gasteiger partial charge in [-0.25, -0.2) is 4.79 Å². The van der Waals surface area contributed by atoms with Gasteiger partial charge in [-0.2, -0.15) is 0 Å². The predicted octanol–water partition coefficient (Wildman–Crippen LogP) is 4.02. The number of hydrogen-bond donors (Lipinski definition) is 0. The molecule has 4 heteroatoms. The number of cyclic esters (lactones) is 1. The topological polar surface area (TPSA) is 38.8 Å². The van der Waals surface area contributed by atoms with Crippen LogP contribution in [0, 0.1) is 6.92 Å². The Bertz CT molecular complexity index is 829. The molecule has 0 amide bonds. The highest BCUT2D eigenvalue weighted by Gasteiger charge is 2.36. The van der Waals surface area contributed by atoms with Crippen LogP contribution in [0.2, 0.25) is 0 Å². The zero-order chi connectivity index (χ0) is 18.3. The molecule has 0 saturated carbocycles. The molecule has 2 aromatic rings. The largest absolute Gasteiger partial charge is 0.457 e. The molecule has 0 aliphatic carbocycles. The molecule has 4 rings (SSSR count). The Hall–Kier alpha value is -2.17. The van der Waals surface area contributed by atoms with Crippen molar-refractivity contribution in [2.45, 2.75) is 45.6 Å². The van der Waals surface area contributed by atoms with E-state index in [1.807, 2.05) is 18.2 Å². The van der Waals surface area contributed by atoms with Crippen LogP contribution in [0.25, 0.3) is 0 Å². The Balaban J connectivity index is 1.61. The van der Waals surface area contributed by atoms with Gasteiger partial charge in [-0.3, -0.25) is 4.90 Å². The van der Waals surface area contributed by atoms with Gasteiger partial charge in [0, 0.05) is 25.2 Å². The van der Waals surface area contributed by atoms with E-state index >= 15 is 0 Å². The third-order valence-corrected chi connectivity index (χ3v) is 5.29. The van der Waals surface area contributed by atoms with E-state index in [9.17, 15) is 4.79 Å². The van der Waals surface area contributed by atoms with E-state index in [4.69, 9.17) is 9.47 Å². The molecule has 0 bridgehead atoms. The summed E-state index contributed by atoms with van der Waals surface area (Å²) in [4.78, 5) is 14.3. The molecule has 2 heterocycles. The lowest BCUT2D eigenvalue weighted by molar-refractivity contribution is -0.140. The Labute approximate surface area is 154 Å². The first-order valence-corrected chi connectivity index (χ1v) is 9.16. The number of benzene rings is 2. The van der Waals surface area contributed by atoms with E-state index in [-0.39, 0.29) is 17.7 Å². The summed E-state index contributed by atoms with van der Waals surface area (Å²) < 4.78 is 11.6. The number of carbonyl (C=O) groups is 1. The van der Waals surface area contributed by atoms with Crippen LogP contribution in [0.5, 0.6) is 0 Å². The fourth-order valence-electron chi connectivity index (χ4n) is 4.14. The molecular formula is C22H25NO3. The highest BCUT2D eigenvalue weighted by molar-refractivity contribution is 5.93. The van der Waals surface area contributed by atoms with Crippen LogP contribution in [-0.2, 0) is 22.6 Å². The highest BCUT2D eigenvalue weighted by Crippen LogP contribution is 2.36. The summed E-state index contributed by atoms with van der Waals surface area (Å²) >= 11 is 0. The third-order valence-electron chi connectivity index (χ3n) is 5.29. The van der Waals surface area contributed by atoms with Gasteiger partial charge in [0.1, 0.15) is 6.61 Å². The summed E-state index contributed by atoms with van der Waals surface area (Å²) in [6.07, 6.45) is -0.0107. The number of rotatable bonds is 3. The standard InChI is InChI=1S/C22H25NO3/c1-15-17(9-10-18-19(15)13-25-21(18)24)20-12-23(14-22(2,3)26-20)11-16-7-5-4-6-8-16/h4-10,20H,11-14H2,1-3H3/t20-/m0/s1. The first-order chi connectivity index (χ1) is 12.4. The van der Waals surface area contributed by atoms with Gasteiger partial charge in [0.25, 0.3) is 0 Å². The van der Waals surface area contributed by atoms with Gasteiger partial charge in [0.05, 0.1) is 17.3 Å². The minimum atomic E-state index is -0.227. The van der Waals surface area contributed by atoms with Crippen molar-refractivity contribution in [3.05, 3.63) is 70.3 Å². The maximum atomic E-state index is 11.8. The maximum absolute atomic E-state index is 11.8. The molecule has 0 spiro atoms. The number of carbonyl (C=O) groups excluding carboxylic acids is 1. The SMILES string of the molecule is Cc1c([C@@H]2CN(Cc3ccccc3)CC(C)(C)O2)ccc2c1COC2=O. The molecular weight excluding hydrogens is 326 g/mol. The lowest BCUT2D eigenvalue weighted by Crippen LogP contribution is -2.49. The van der Waals surface area contributed by atoms with Crippen LogP contribution in [0.4, 0.5) is 0 Å². The van der Waals surface area contributed by atoms with E-state index in [1.165, 1.54) is 5.56 Å². The van der Waals surface area contributed by atoms with Gasteiger partial charge >= 0.3 is 5.97 Å². The van der Waals surface area contributed by atoms with Crippen LogP contribution in [0.15, 0.2) is 42.5 Å². The van der Waals surface area contributed by atoms with Crippen molar-refractivity contribution in [1.82, 2.24) is 4.90 Å². The summed E-state index contributed by atoms with van der Waals surface area (Å²) in [7, 11) is 0. The normalized spacial score (nSPS) is 22.1. The van der Waals surface area contributed by atoms with Crippen molar-refractivity contribution in [1.29, 1.82) is 0 Å². The van der Waals surface area contributed by atoms with Gasteiger partial charge in [0.2, 0.25) is 0 Å². The monoisotopic (exact) mass is 351 g/mol. The van der Waals surface area contributed by atoms with Crippen molar-refractivity contribution in [3.63, 3.8) is 0 Å². The van der Waals surface area contributed by atoms with Gasteiger partial charge in [-0.05, 0) is 43.5 Å². The van der Waals surface area contributed by atoms with E-state index in [0.29, 0.717) is 12.2 Å².